The van der Waals surface area contributed by atoms with E-state index in [2.05, 4.69) is 36.4 Å². The Labute approximate surface area is 132 Å². The minimum absolute atomic E-state index is 0.298. The Hall–Kier alpha value is -1.07. The summed E-state index contributed by atoms with van der Waals surface area (Å²) >= 11 is 1.56. The zero-order valence-corrected chi connectivity index (χ0v) is 14.7. The molecule has 0 aliphatic carbocycles. The van der Waals surface area contributed by atoms with Crippen LogP contribution < -0.4 is 10.6 Å². The molecule has 0 aliphatic heterocycles. The first-order valence-corrected chi connectivity index (χ1v) is 8.41. The highest BCUT2D eigenvalue weighted by Crippen LogP contribution is 2.25. The molecule has 21 heavy (non-hydrogen) atoms. The van der Waals surface area contributed by atoms with Gasteiger partial charge in [0, 0.05) is 18.0 Å². The fourth-order valence-electron chi connectivity index (χ4n) is 1.79. The summed E-state index contributed by atoms with van der Waals surface area (Å²) in [5.41, 5.74) is -0.618. The Balaban J connectivity index is 2.59. The van der Waals surface area contributed by atoms with Gasteiger partial charge in [-0.15, -0.1) is 11.3 Å². The number of thiophene rings is 1. The number of aliphatic hydroxyl groups is 1. The van der Waals surface area contributed by atoms with Crippen LogP contribution >= 0.6 is 11.3 Å². The molecule has 1 rings (SSSR count). The molecule has 0 saturated carbocycles. The fourth-order valence-corrected chi connectivity index (χ4v) is 2.57. The quantitative estimate of drug-likeness (QED) is 0.559. The smallest absolute Gasteiger partial charge is 0.191 e. The highest BCUT2D eigenvalue weighted by molar-refractivity contribution is 7.10. The lowest BCUT2D eigenvalue weighted by Gasteiger charge is -2.22. The molecule has 1 aromatic rings. The van der Waals surface area contributed by atoms with Gasteiger partial charge in [-0.3, -0.25) is 0 Å². The van der Waals surface area contributed by atoms with Crippen molar-refractivity contribution >= 4 is 17.3 Å². The van der Waals surface area contributed by atoms with Crippen LogP contribution in [0.25, 0.3) is 0 Å². The van der Waals surface area contributed by atoms with Crippen LogP contribution in [0.2, 0.25) is 0 Å². The van der Waals surface area contributed by atoms with Crippen molar-refractivity contribution in [1.29, 1.82) is 0 Å². The molecule has 0 spiro atoms. The largest absolute Gasteiger partial charge is 0.383 e. The minimum Gasteiger partial charge on any atom is -0.383 e. The van der Waals surface area contributed by atoms with Crippen molar-refractivity contribution in [2.75, 3.05) is 19.6 Å². The first-order chi connectivity index (χ1) is 9.74. The molecule has 0 saturated heterocycles. The van der Waals surface area contributed by atoms with E-state index in [9.17, 15) is 5.11 Å². The number of rotatable bonds is 6. The van der Waals surface area contributed by atoms with Gasteiger partial charge in [0.1, 0.15) is 5.60 Å². The van der Waals surface area contributed by atoms with Gasteiger partial charge in [-0.1, -0.05) is 26.8 Å². The summed E-state index contributed by atoms with van der Waals surface area (Å²) < 4.78 is 0. The van der Waals surface area contributed by atoms with Crippen LogP contribution in [0.4, 0.5) is 0 Å². The van der Waals surface area contributed by atoms with Gasteiger partial charge in [0.15, 0.2) is 5.96 Å². The number of nitrogens with zero attached hydrogens (tertiary/aromatic N) is 1. The van der Waals surface area contributed by atoms with Crippen molar-refractivity contribution < 1.29 is 5.11 Å². The van der Waals surface area contributed by atoms with E-state index in [1.54, 1.807) is 18.3 Å². The van der Waals surface area contributed by atoms with Gasteiger partial charge in [-0.05, 0) is 37.1 Å². The summed E-state index contributed by atoms with van der Waals surface area (Å²) in [4.78, 5) is 5.45. The van der Waals surface area contributed by atoms with Crippen LogP contribution in [-0.4, -0.2) is 30.7 Å². The summed E-state index contributed by atoms with van der Waals surface area (Å²) in [7, 11) is 0. The van der Waals surface area contributed by atoms with Gasteiger partial charge in [-0.25, -0.2) is 4.99 Å². The molecule has 0 radical (unpaired) electrons. The van der Waals surface area contributed by atoms with E-state index in [0.717, 1.165) is 30.3 Å². The third-order valence-electron chi connectivity index (χ3n) is 3.11. The molecular formula is C16H29N3OS. The van der Waals surface area contributed by atoms with Crippen LogP contribution in [0.3, 0.4) is 0 Å². The van der Waals surface area contributed by atoms with Gasteiger partial charge in [-0.2, -0.15) is 0 Å². The van der Waals surface area contributed by atoms with Crippen molar-refractivity contribution in [1.82, 2.24) is 10.6 Å². The number of nitrogens with one attached hydrogen (secondary N) is 2. The Morgan fingerprint density at radius 2 is 2.00 bits per heavy atom. The van der Waals surface area contributed by atoms with E-state index in [4.69, 9.17) is 0 Å². The van der Waals surface area contributed by atoms with Crippen molar-refractivity contribution in [3.8, 4) is 0 Å². The van der Waals surface area contributed by atoms with Crippen LogP contribution in [0, 0.1) is 5.41 Å². The lowest BCUT2D eigenvalue weighted by atomic mass is 9.92. The molecule has 1 atom stereocenters. The van der Waals surface area contributed by atoms with Gasteiger partial charge in [0.25, 0.3) is 0 Å². The summed E-state index contributed by atoms with van der Waals surface area (Å²) in [6.45, 7) is 12.5. The van der Waals surface area contributed by atoms with Gasteiger partial charge in [0.2, 0.25) is 0 Å². The molecule has 0 aromatic carbocycles. The molecule has 0 fully saturated rings. The highest BCUT2D eigenvalue weighted by atomic mass is 32.1. The van der Waals surface area contributed by atoms with Gasteiger partial charge < -0.3 is 15.7 Å². The van der Waals surface area contributed by atoms with E-state index in [0.29, 0.717) is 12.0 Å². The molecule has 0 bridgehead atoms. The molecule has 0 amide bonds. The zero-order chi connectivity index (χ0) is 15.9. The molecule has 3 N–H and O–H groups in total. The van der Waals surface area contributed by atoms with Crippen molar-refractivity contribution in [2.45, 2.75) is 46.6 Å². The van der Waals surface area contributed by atoms with Gasteiger partial charge in [0.05, 0.1) is 6.54 Å². The van der Waals surface area contributed by atoms with Crippen LogP contribution in [0.5, 0.6) is 0 Å². The monoisotopic (exact) mass is 311 g/mol. The zero-order valence-electron chi connectivity index (χ0n) is 13.9. The SMILES string of the molecule is CCNC(=NCC(C)(O)c1cccs1)NCCC(C)(C)C. The van der Waals surface area contributed by atoms with Gasteiger partial charge >= 0.3 is 0 Å². The van der Waals surface area contributed by atoms with Crippen molar-refractivity contribution in [3.05, 3.63) is 22.4 Å². The number of hydrogen-bond acceptors (Lipinski definition) is 3. The average molecular weight is 311 g/mol. The molecule has 1 unspecified atom stereocenters. The second kappa shape index (κ2) is 7.80. The molecule has 120 valence electrons. The molecule has 1 heterocycles. The van der Waals surface area contributed by atoms with E-state index < -0.39 is 5.60 Å². The number of guanidine groups is 1. The fraction of sp³-hybridized carbons (Fsp3) is 0.688. The molecule has 5 heteroatoms. The van der Waals surface area contributed by atoms with Crippen LogP contribution in [0.1, 0.15) is 45.9 Å². The van der Waals surface area contributed by atoms with Crippen molar-refractivity contribution in [3.63, 3.8) is 0 Å². The lowest BCUT2D eigenvalue weighted by molar-refractivity contribution is 0.0711. The number of aliphatic imine (C=N–C) groups is 1. The van der Waals surface area contributed by atoms with E-state index in [1.165, 1.54) is 0 Å². The Bertz CT molecular complexity index is 433. The average Bonchev–Trinajstić information content (AvgIpc) is 2.89. The maximum absolute atomic E-state index is 10.5. The number of hydrogen-bond donors (Lipinski definition) is 3. The molecule has 0 aliphatic rings. The second-order valence-electron chi connectivity index (χ2n) is 6.68. The minimum atomic E-state index is -0.916. The third kappa shape index (κ3) is 6.96. The van der Waals surface area contributed by atoms with E-state index >= 15 is 0 Å². The van der Waals surface area contributed by atoms with E-state index in [1.807, 2.05) is 24.4 Å². The summed E-state index contributed by atoms with van der Waals surface area (Å²) in [6.07, 6.45) is 1.07. The summed E-state index contributed by atoms with van der Waals surface area (Å²) in [5.74, 6) is 0.763. The highest BCUT2D eigenvalue weighted by Gasteiger charge is 2.24. The lowest BCUT2D eigenvalue weighted by Crippen LogP contribution is -2.40. The molecular weight excluding hydrogens is 282 g/mol. The maximum Gasteiger partial charge on any atom is 0.191 e. The van der Waals surface area contributed by atoms with Crippen molar-refractivity contribution in [2.24, 2.45) is 10.4 Å². The predicted octanol–water partition coefficient (Wildman–Crippen LogP) is 2.95. The van der Waals surface area contributed by atoms with E-state index in [-0.39, 0.29) is 0 Å². The predicted molar refractivity (Wildman–Crippen MR) is 91.9 cm³/mol. The summed E-state index contributed by atoms with van der Waals surface area (Å²) in [5, 5.41) is 19.0. The normalized spacial score (nSPS) is 15.6. The maximum atomic E-state index is 10.5. The van der Waals surface area contributed by atoms with Crippen LogP contribution in [0.15, 0.2) is 22.5 Å². The summed E-state index contributed by atoms with van der Waals surface area (Å²) in [6, 6.07) is 3.89. The Kier molecular flexibility index (Phi) is 6.68. The standard InChI is InChI=1S/C16H29N3OS/c1-6-17-14(18-10-9-15(2,3)4)19-12-16(5,20)13-8-7-11-21-13/h7-8,11,20H,6,9-10,12H2,1-5H3,(H2,17,18,19). The Morgan fingerprint density at radius 1 is 1.29 bits per heavy atom. The molecule has 4 nitrogen and oxygen atoms in total. The second-order valence-corrected chi connectivity index (χ2v) is 7.63. The molecule has 1 aromatic heterocycles. The van der Waals surface area contributed by atoms with Crippen LogP contribution in [-0.2, 0) is 5.60 Å². The third-order valence-corrected chi connectivity index (χ3v) is 4.23. The topological polar surface area (TPSA) is 56.7 Å². The first-order valence-electron chi connectivity index (χ1n) is 7.53. The first kappa shape index (κ1) is 18.0. The Morgan fingerprint density at radius 3 is 2.52 bits per heavy atom.